The van der Waals surface area contributed by atoms with Gasteiger partial charge in [-0.15, -0.1) is 0 Å². The molecule has 0 fully saturated rings. The second-order valence-corrected chi connectivity index (χ2v) is 6.81. The van der Waals surface area contributed by atoms with Crippen molar-refractivity contribution in [1.82, 2.24) is 14.9 Å². The normalized spacial score (nSPS) is 13.2. The van der Waals surface area contributed by atoms with Crippen molar-refractivity contribution in [3.63, 3.8) is 0 Å². The number of anilines is 3. The number of pyridine rings is 1. The third-order valence-corrected chi connectivity index (χ3v) is 4.73. The number of aromatic amines is 1. The van der Waals surface area contributed by atoms with Gasteiger partial charge in [-0.05, 0) is 24.3 Å². The van der Waals surface area contributed by atoms with Crippen molar-refractivity contribution in [2.45, 2.75) is 13.3 Å². The summed E-state index contributed by atoms with van der Waals surface area (Å²) in [6.07, 6.45) is 2.39. The summed E-state index contributed by atoms with van der Waals surface area (Å²) >= 11 is 0. The number of hydrogen-bond acceptors (Lipinski definition) is 4. The van der Waals surface area contributed by atoms with Gasteiger partial charge in [0, 0.05) is 50.1 Å². The lowest BCUT2D eigenvalue weighted by atomic mass is 10.0. The molecule has 1 aromatic carbocycles. The summed E-state index contributed by atoms with van der Waals surface area (Å²) in [4.78, 5) is 33.6. The van der Waals surface area contributed by atoms with Gasteiger partial charge in [0.25, 0.3) is 5.91 Å². The SMILES string of the molecule is CC(=O)Nc1cc(-c2[nH]c3c(c2Nc2ccccc2)C(=O)N(C)CC3)ccn1. The highest BCUT2D eigenvalue weighted by Crippen LogP contribution is 2.38. The zero-order valence-electron chi connectivity index (χ0n) is 15.7. The Bertz CT molecular complexity index is 1040. The van der Waals surface area contributed by atoms with Crippen LogP contribution in [0.5, 0.6) is 0 Å². The molecule has 1 aliphatic rings. The van der Waals surface area contributed by atoms with E-state index in [1.54, 1.807) is 17.2 Å². The molecule has 0 aliphatic carbocycles. The van der Waals surface area contributed by atoms with Crippen LogP contribution >= 0.6 is 0 Å². The van der Waals surface area contributed by atoms with Crippen molar-refractivity contribution in [2.75, 3.05) is 24.2 Å². The van der Waals surface area contributed by atoms with E-state index in [4.69, 9.17) is 0 Å². The van der Waals surface area contributed by atoms with Gasteiger partial charge < -0.3 is 20.5 Å². The Hall–Kier alpha value is -3.61. The molecule has 7 heteroatoms. The van der Waals surface area contributed by atoms with Gasteiger partial charge in [0.2, 0.25) is 5.91 Å². The maximum absolute atomic E-state index is 12.9. The summed E-state index contributed by atoms with van der Waals surface area (Å²) in [5, 5.41) is 6.11. The second kappa shape index (κ2) is 7.19. The van der Waals surface area contributed by atoms with Gasteiger partial charge in [-0.3, -0.25) is 9.59 Å². The number of rotatable bonds is 4. The standard InChI is InChI=1S/C21H21N5O2/c1-13(27)23-17-12-14(8-10-22-17)19-20(24-15-6-4-3-5-7-15)18-16(25-19)9-11-26(2)21(18)28/h3-8,10,12,24-25H,9,11H2,1-2H3,(H,22,23,27). The Balaban J connectivity index is 1.84. The zero-order chi connectivity index (χ0) is 19.7. The fourth-order valence-electron chi connectivity index (χ4n) is 3.39. The largest absolute Gasteiger partial charge is 0.356 e. The molecule has 0 spiro atoms. The van der Waals surface area contributed by atoms with Gasteiger partial charge in [-0.25, -0.2) is 4.98 Å². The first kappa shape index (κ1) is 17.8. The Morgan fingerprint density at radius 1 is 1.21 bits per heavy atom. The minimum absolute atomic E-state index is 0.0154. The highest BCUT2D eigenvalue weighted by atomic mass is 16.2. The molecule has 142 valence electrons. The number of nitrogens with one attached hydrogen (secondary N) is 3. The number of para-hydroxylation sites is 1. The molecule has 0 bridgehead atoms. The quantitative estimate of drug-likeness (QED) is 0.652. The van der Waals surface area contributed by atoms with Gasteiger partial charge in [-0.2, -0.15) is 0 Å². The molecule has 28 heavy (non-hydrogen) atoms. The number of likely N-dealkylation sites (N-methyl/N-ethyl adjacent to an activating group) is 1. The van der Waals surface area contributed by atoms with Crippen molar-refractivity contribution < 1.29 is 9.59 Å². The number of H-pyrrole nitrogens is 1. The molecule has 3 N–H and O–H groups in total. The van der Waals surface area contributed by atoms with Crippen LogP contribution in [-0.2, 0) is 11.2 Å². The van der Waals surface area contributed by atoms with Crippen molar-refractivity contribution >= 4 is 29.0 Å². The lowest BCUT2D eigenvalue weighted by Crippen LogP contribution is -2.34. The van der Waals surface area contributed by atoms with Gasteiger partial charge in [0.05, 0.1) is 16.9 Å². The molecule has 0 radical (unpaired) electrons. The molecule has 0 unspecified atom stereocenters. The summed E-state index contributed by atoms with van der Waals surface area (Å²) in [7, 11) is 1.81. The van der Waals surface area contributed by atoms with Crippen LogP contribution in [-0.4, -0.2) is 40.3 Å². The average Bonchev–Trinajstić information content (AvgIpc) is 3.04. The molecule has 0 atom stereocenters. The van der Waals surface area contributed by atoms with Crippen molar-refractivity contribution in [2.24, 2.45) is 0 Å². The van der Waals surface area contributed by atoms with Crippen LogP contribution in [0, 0.1) is 0 Å². The van der Waals surface area contributed by atoms with E-state index in [0.29, 0.717) is 17.9 Å². The van der Waals surface area contributed by atoms with Crippen molar-refractivity contribution in [3.05, 3.63) is 59.9 Å². The fraction of sp³-hybridized carbons (Fsp3) is 0.190. The van der Waals surface area contributed by atoms with Gasteiger partial charge >= 0.3 is 0 Å². The maximum Gasteiger partial charge on any atom is 0.257 e. The van der Waals surface area contributed by atoms with E-state index in [9.17, 15) is 9.59 Å². The molecular weight excluding hydrogens is 354 g/mol. The number of fused-ring (bicyclic) bond motifs is 1. The first-order valence-electron chi connectivity index (χ1n) is 9.09. The first-order chi connectivity index (χ1) is 13.5. The predicted octanol–water partition coefficient (Wildman–Crippen LogP) is 3.41. The van der Waals surface area contributed by atoms with Gasteiger partial charge in [0.15, 0.2) is 0 Å². The molecule has 2 amide bonds. The summed E-state index contributed by atoms with van der Waals surface area (Å²) in [5.41, 5.74) is 4.83. The lowest BCUT2D eigenvalue weighted by molar-refractivity contribution is -0.114. The first-order valence-corrected chi connectivity index (χ1v) is 9.09. The summed E-state index contributed by atoms with van der Waals surface area (Å²) in [6, 6.07) is 13.4. The van der Waals surface area contributed by atoms with Gasteiger partial charge in [-0.1, -0.05) is 18.2 Å². The highest BCUT2D eigenvalue weighted by molar-refractivity contribution is 6.06. The van der Waals surface area contributed by atoms with E-state index in [2.05, 4.69) is 20.6 Å². The molecule has 4 rings (SSSR count). The minimum Gasteiger partial charge on any atom is -0.356 e. The number of carbonyl (C=O) groups is 2. The number of aromatic nitrogens is 2. The minimum atomic E-state index is -0.185. The molecule has 1 aliphatic heterocycles. The number of benzene rings is 1. The average molecular weight is 375 g/mol. The predicted molar refractivity (Wildman–Crippen MR) is 109 cm³/mol. The summed E-state index contributed by atoms with van der Waals surface area (Å²) in [6.45, 7) is 2.11. The third kappa shape index (κ3) is 3.34. The van der Waals surface area contributed by atoms with E-state index in [1.807, 2.05) is 43.4 Å². The van der Waals surface area contributed by atoms with E-state index >= 15 is 0 Å². The fourth-order valence-corrected chi connectivity index (χ4v) is 3.39. The molecule has 3 aromatic rings. The van der Waals surface area contributed by atoms with E-state index in [-0.39, 0.29) is 11.8 Å². The molecule has 3 heterocycles. The van der Waals surface area contributed by atoms with Crippen LogP contribution in [0.1, 0.15) is 23.0 Å². The number of nitrogens with zero attached hydrogens (tertiary/aromatic N) is 2. The maximum atomic E-state index is 12.9. The monoisotopic (exact) mass is 375 g/mol. The Kier molecular flexibility index (Phi) is 4.57. The molecule has 0 saturated carbocycles. The smallest absolute Gasteiger partial charge is 0.257 e. The van der Waals surface area contributed by atoms with Crippen LogP contribution in [0.4, 0.5) is 17.2 Å². The number of amides is 2. The molecule has 0 saturated heterocycles. The highest BCUT2D eigenvalue weighted by Gasteiger charge is 2.30. The Labute approximate surface area is 162 Å². The second-order valence-electron chi connectivity index (χ2n) is 6.81. The summed E-state index contributed by atoms with van der Waals surface area (Å²) < 4.78 is 0. The van der Waals surface area contributed by atoms with Crippen LogP contribution in [0.3, 0.4) is 0 Å². The Morgan fingerprint density at radius 2 is 2.00 bits per heavy atom. The molecular formula is C21H21N5O2. The zero-order valence-corrected chi connectivity index (χ0v) is 15.7. The van der Waals surface area contributed by atoms with Crippen LogP contribution < -0.4 is 10.6 Å². The van der Waals surface area contributed by atoms with Crippen molar-refractivity contribution in [1.29, 1.82) is 0 Å². The van der Waals surface area contributed by atoms with Crippen LogP contribution in [0.25, 0.3) is 11.3 Å². The molecule has 7 nitrogen and oxygen atoms in total. The van der Waals surface area contributed by atoms with E-state index in [0.717, 1.165) is 34.7 Å². The summed E-state index contributed by atoms with van der Waals surface area (Å²) in [5.74, 6) is 0.264. The van der Waals surface area contributed by atoms with Crippen LogP contribution in [0.2, 0.25) is 0 Å². The van der Waals surface area contributed by atoms with Crippen molar-refractivity contribution in [3.8, 4) is 11.3 Å². The van der Waals surface area contributed by atoms with Crippen LogP contribution in [0.15, 0.2) is 48.7 Å². The number of hydrogen-bond donors (Lipinski definition) is 3. The topological polar surface area (TPSA) is 90.1 Å². The van der Waals surface area contributed by atoms with Gasteiger partial charge in [0.1, 0.15) is 5.82 Å². The lowest BCUT2D eigenvalue weighted by Gasteiger charge is -2.23. The van der Waals surface area contributed by atoms with E-state index < -0.39 is 0 Å². The third-order valence-electron chi connectivity index (χ3n) is 4.73. The van der Waals surface area contributed by atoms with E-state index in [1.165, 1.54) is 6.92 Å². The number of carbonyl (C=O) groups excluding carboxylic acids is 2. The molecule has 2 aromatic heterocycles. The Morgan fingerprint density at radius 3 is 2.75 bits per heavy atom.